The molecule has 0 aliphatic heterocycles. The van der Waals surface area contributed by atoms with Gasteiger partial charge in [0.2, 0.25) is 0 Å². The number of hydrogen-bond donors (Lipinski definition) is 1. The number of aryl methyl sites for hydroxylation is 1. The third-order valence-electron chi connectivity index (χ3n) is 3.07. The van der Waals surface area contributed by atoms with Crippen molar-refractivity contribution in [2.45, 2.75) is 6.18 Å². The third-order valence-corrected chi connectivity index (χ3v) is 3.07. The Morgan fingerprint density at radius 3 is 2.52 bits per heavy atom. The number of aromatic nitrogens is 1. The predicted octanol–water partition coefficient (Wildman–Crippen LogP) is 2.53. The number of benzene rings is 1. The summed E-state index contributed by atoms with van der Waals surface area (Å²) in [5.41, 5.74) is -2.20. The first-order chi connectivity index (χ1) is 10.7. The second-order valence-electron chi connectivity index (χ2n) is 4.69. The predicted molar refractivity (Wildman–Crippen MR) is 75.8 cm³/mol. The molecule has 1 aromatic carbocycles. The summed E-state index contributed by atoms with van der Waals surface area (Å²) in [5.74, 6) is -0.722. The number of alkyl halides is 3. The number of nitrogens with one attached hydrogen (secondary N) is 1. The molecule has 0 unspecified atom stereocenters. The minimum atomic E-state index is -4.71. The number of rotatable bonds is 2. The van der Waals surface area contributed by atoms with Gasteiger partial charge in [0.05, 0.1) is 17.2 Å². The fraction of sp³-hybridized carbons (Fsp3) is 0.133. The molecule has 0 saturated heterocycles. The SMILES string of the molecule is Cn1ccc(C(=O)Nc2ccc(C#N)c(C(F)(F)F)c2)cc1=O. The van der Waals surface area contributed by atoms with Crippen molar-refractivity contribution in [3.8, 4) is 6.07 Å². The minimum Gasteiger partial charge on any atom is -0.322 e. The first-order valence-electron chi connectivity index (χ1n) is 6.32. The highest BCUT2D eigenvalue weighted by atomic mass is 19.4. The van der Waals surface area contributed by atoms with Gasteiger partial charge in [0.1, 0.15) is 0 Å². The number of amides is 1. The number of nitrogens with zero attached hydrogens (tertiary/aromatic N) is 2. The van der Waals surface area contributed by atoms with Crippen LogP contribution in [0.5, 0.6) is 0 Å². The molecule has 8 heteroatoms. The zero-order valence-corrected chi connectivity index (χ0v) is 11.8. The fourth-order valence-electron chi connectivity index (χ4n) is 1.85. The first-order valence-corrected chi connectivity index (χ1v) is 6.32. The summed E-state index contributed by atoms with van der Waals surface area (Å²) in [7, 11) is 1.50. The normalized spacial score (nSPS) is 10.9. The molecule has 2 aromatic rings. The Hall–Kier alpha value is -3.08. The third kappa shape index (κ3) is 3.58. The molecule has 1 N–H and O–H groups in total. The van der Waals surface area contributed by atoms with Crippen LogP contribution in [-0.4, -0.2) is 10.5 Å². The van der Waals surface area contributed by atoms with Crippen molar-refractivity contribution in [1.29, 1.82) is 5.26 Å². The molecule has 1 heterocycles. The maximum Gasteiger partial charge on any atom is 0.417 e. The van der Waals surface area contributed by atoms with Gasteiger partial charge >= 0.3 is 6.18 Å². The van der Waals surface area contributed by atoms with Crippen LogP contribution >= 0.6 is 0 Å². The van der Waals surface area contributed by atoms with Crippen molar-refractivity contribution in [3.63, 3.8) is 0 Å². The Morgan fingerprint density at radius 1 is 1.26 bits per heavy atom. The van der Waals surface area contributed by atoms with Crippen molar-refractivity contribution in [3.05, 3.63) is 63.6 Å². The van der Waals surface area contributed by atoms with Crippen LogP contribution in [0.15, 0.2) is 41.3 Å². The fourth-order valence-corrected chi connectivity index (χ4v) is 1.85. The molecule has 0 radical (unpaired) electrons. The Labute approximate surface area is 128 Å². The summed E-state index contributed by atoms with van der Waals surface area (Å²) in [4.78, 5) is 23.5. The zero-order chi connectivity index (χ0) is 17.2. The van der Waals surface area contributed by atoms with Crippen LogP contribution < -0.4 is 10.9 Å². The summed E-state index contributed by atoms with van der Waals surface area (Å²) in [5, 5.41) is 11.0. The number of nitriles is 1. The molecule has 0 saturated carbocycles. The number of halogens is 3. The van der Waals surface area contributed by atoms with Gasteiger partial charge in [-0.2, -0.15) is 18.4 Å². The molecule has 0 fully saturated rings. The van der Waals surface area contributed by atoms with Gasteiger partial charge in [-0.3, -0.25) is 9.59 Å². The van der Waals surface area contributed by atoms with Crippen LogP contribution in [0.1, 0.15) is 21.5 Å². The molecular weight excluding hydrogens is 311 g/mol. The van der Waals surface area contributed by atoms with Crippen LogP contribution in [0.4, 0.5) is 18.9 Å². The highest BCUT2D eigenvalue weighted by Crippen LogP contribution is 2.33. The average Bonchev–Trinajstić information content (AvgIpc) is 2.49. The lowest BCUT2D eigenvalue weighted by Crippen LogP contribution is -2.20. The summed E-state index contributed by atoms with van der Waals surface area (Å²) < 4.78 is 39.8. The lowest BCUT2D eigenvalue weighted by molar-refractivity contribution is -0.137. The minimum absolute atomic E-state index is 0.0195. The van der Waals surface area contributed by atoms with Gasteiger partial charge < -0.3 is 9.88 Å². The average molecular weight is 321 g/mol. The van der Waals surface area contributed by atoms with Crippen molar-refractivity contribution in [2.24, 2.45) is 7.05 Å². The lowest BCUT2D eigenvalue weighted by atomic mass is 10.1. The molecule has 0 aliphatic carbocycles. The quantitative estimate of drug-likeness (QED) is 0.923. The smallest absolute Gasteiger partial charge is 0.322 e. The van der Waals surface area contributed by atoms with E-state index in [0.29, 0.717) is 6.07 Å². The molecular formula is C15H10F3N3O2. The van der Waals surface area contributed by atoms with Crippen molar-refractivity contribution in [2.75, 3.05) is 5.32 Å². The number of anilines is 1. The van der Waals surface area contributed by atoms with Gasteiger partial charge in [0.15, 0.2) is 0 Å². The molecule has 0 atom stereocenters. The van der Waals surface area contributed by atoms with Crippen LogP contribution in [0, 0.1) is 11.3 Å². The first kappa shape index (κ1) is 16.3. The Balaban J connectivity index is 2.33. The van der Waals surface area contributed by atoms with E-state index in [1.165, 1.54) is 36.0 Å². The maximum absolute atomic E-state index is 12.9. The molecule has 0 aliphatic rings. The molecule has 5 nitrogen and oxygen atoms in total. The molecule has 1 amide bonds. The number of carbonyl (C=O) groups excluding carboxylic acids is 1. The van der Waals surface area contributed by atoms with Crippen LogP contribution in [0.3, 0.4) is 0 Å². The topological polar surface area (TPSA) is 74.9 Å². The van der Waals surface area contributed by atoms with Crippen LogP contribution in [0.25, 0.3) is 0 Å². The van der Waals surface area contributed by atoms with E-state index >= 15 is 0 Å². The summed E-state index contributed by atoms with van der Waals surface area (Å²) >= 11 is 0. The number of hydrogen-bond acceptors (Lipinski definition) is 3. The van der Waals surface area contributed by atoms with Gasteiger partial charge in [0, 0.05) is 30.6 Å². The summed E-state index contributed by atoms with van der Waals surface area (Å²) in [6.45, 7) is 0. The highest BCUT2D eigenvalue weighted by Gasteiger charge is 2.34. The van der Waals surface area contributed by atoms with Gasteiger partial charge in [0.25, 0.3) is 11.5 Å². The van der Waals surface area contributed by atoms with E-state index in [0.717, 1.165) is 12.1 Å². The van der Waals surface area contributed by atoms with E-state index in [9.17, 15) is 22.8 Å². The van der Waals surface area contributed by atoms with Crippen molar-refractivity contribution < 1.29 is 18.0 Å². The van der Waals surface area contributed by atoms with Gasteiger partial charge in [-0.25, -0.2) is 0 Å². The standard InChI is InChI=1S/C15H10F3N3O2/c1-21-5-4-9(6-13(21)22)14(23)20-11-3-2-10(8-19)12(7-11)15(16,17)18/h2-7H,1H3,(H,20,23). The molecule has 118 valence electrons. The van der Waals surface area contributed by atoms with Crippen molar-refractivity contribution in [1.82, 2.24) is 4.57 Å². The van der Waals surface area contributed by atoms with Crippen LogP contribution in [-0.2, 0) is 13.2 Å². The zero-order valence-electron chi connectivity index (χ0n) is 11.8. The van der Waals surface area contributed by atoms with Gasteiger partial charge in [-0.15, -0.1) is 0 Å². The highest BCUT2D eigenvalue weighted by molar-refractivity contribution is 6.04. The maximum atomic E-state index is 12.9. The van der Waals surface area contributed by atoms with E-state index in [-0.39, 0.29) is 11.3 Å². The number of pyridine rings is 1. The molecule has 2 rings (SSSR count). The summed E-state index contributed by atoms with van der Waals surface area (Å²) in [6.07, 6.45) is -3.34. The second-order valence-corrected chi connectivity index (χ2v) is 4.69. The Bertz CT molecular complexity index is 863. The Kier molecular flexibility index (Phi) is 4.22. The molecule has 1 aromatic heterocycles. The van der Waals surface area contributed by atoms with Gasteiger partial charge in [-0.05, 0) is 24.3 Å². The van der Waals surface area contributed by atoms with Gasteiger partial charge in [-0.1, -0.05) is 0 Å². The Morgan fingerprint density at radius 2 is 1.96 bits per heavy atom. The van der Waals surface area contributed by atoms with E-state index in [1.807, 2.05) is 0 Å². The lowest BCUT2D eigenvalue weighted by Gasteiger charge is -2.11. The van der Waals surface area contributed by atoms with E-state index in [1.54, 1.807) is 0 Å². The van der Waals surface area contributed by atoms with E-state index in [2.05, 4.69) is 5.32 Å². The molecule has 0 bridgehead atoms. The van der Waals surface area contributed by atoms with E-state index in [4.69, 9.17) is 5.26 Å². The van der Waals surface area contributed by atoms with Crippen LogP contribution in [0.2, 0.25) is 0 Å². The van der Waals surface area contributed by atoms with E-state index < -0.39 is 28.8 Å². The monoisotopic (exact) mass is 321 g/mol. The molecule has 23 heavy (non-hydrogen) atoms. The van der Waals surface area contributed by atoms with Crippen molar-refractivity contribution >= 4 is 11.6 Å². The number of carbonyl (C=O) groups is 1. The largest absolute Gasteiger partial charge is 0.417 e. The molecule has 0 spiro atoms. The second kappa shape index (κ2) is 5.96. The summed E-state index contributed by atoms with van der Waals surface area (Å²) in [6, 6.07) is 6.73.